The van der Waals surface area contributed by atoms with Crippen LogP contribution in [-0.4, -0.2) is 4.57 Å². The lowest BCUT2D eigenvalue weighted by Crippen LogP contribution is -1.93. The summed E-state index contributed by atoms with van der Waals surface area (Å²) in [5.41, 5.74) is 3.87. The van der Waals surface area contributed by atoms with Crippen LogP contribution in [0.5, 0.6) is 0 Å². The monoisotopic (exact) mass is 494 g/mol. The van der Waals surface area contributed by atoms with E-state index < -0.39 is 0 Å². The molecule has 0 bridgehead atoms. The number of allylic oxidation sites excluding steroid dienone is 2. The summed E-state index contributed by atoms with van der Waals surface area (Å²) >= 11 is 0. The molecule has 0 saturated heterocycles. The maximum absolute atomic E-state index is 9.77. The predicted octanol–water partition coefficient (Wildman–Crippen LogP) is 8.57. The van der Waals surface area contributed by atoms with E-state index in [0.29, 0.717) is 5.56 Å². The summed E-state index contributed by atoms with van der Waals surface area (Å²) in [6.45, 7) is 0. The first-order valence-electron chi connectivity index (χ1n) is 12.5. The normalized spacial score (nSPS) is 11.0. The van der Waals surface area contributed by atoms with E-state index in [9.17, 15) is 15.8 Å². The van der Waals surface area contributed by atoms with E-state index in [1.807, 2.05) is 48.5 Å². The molecule has 0 fully saturated rings. The lowest BCUT2D eigenvalue weighted by molar-refractivity contribution is 1.18. The summed E-state index contributed by atoms with van der Waals surface area (Å²) in [4.78, 5) is 0. The molecule has 0 aliphatic carbocycles. The molecule has 0 amide bonds. The van der Waals surface area contributed by atoms with Crippen LogP contribution in [-0.2, 0) is 0 Å². The Bertz CT molecular complexity index is 2280. The van der Waals surface area contributed by atoms with Crippen LogP contribution in [0.4, 0.5) is 0 Å². The molecular formula is C35H18N4. The molecule has 0 spiro atoms. The molecule has 1 aromatic heterocycles. The van der Waals surface area contributed by atoms with Crippen molar-refractivity contribution in [1.29, 1.82) is 15.8 Å². The van der Waals surface area contributed by atoms with Gasteiger partial charge in [-0.3, -0.25) is 0 Å². The fourth-order valence-corrected chi connectivity index (χ4v) is 5.83. The van der Waals surface area contributed by atoms with Gasteiger partial charge >= 0.3 is 0 Å². The van der Waals surface area contributed by atoms with Crippen molar-refractivity contribution in [2.24, 2.45) is 0 Å². The van der Waals surface area contributed by atoms with Crippen LogP contribution < -0.4 is 0 Å². The van der Waals surface area contributed by atoms with Gasteiger partial charge in [0.15, 0.2) is 0 Å². The minimum Gasteiger partial charge on any atom is -0.309 e. The van der Waals surface area contributed by atoms with Crippen LogP contribution in [0.25, 0.3) is 65.4 Å². The number of hydrogen-bond donors (Lipinski definition) is 0. The molecule has 7 rings (SSSR count). The second-order valence-electron chi connectivity index (χ2n) is 9.49. The van der Waals surface area contributed by atoms with Gasteiger partial charge in [0.1, 0.15) is 23.8 Å². The van der Waals surface area contributed by atoms with E-state index in [4.69, 9.17) is 0 Å². The average molecular weight is 495 g/mol. The Kier molecular flexibility index (Phi) is 4.92. The van der Waals surface area contributed by atoms with E-state index in [-0.39, 0.29) is 11.1 Å². The zero-order chi connectivity index (χ0) is 26.5. The van der Waals surface area contributed by atoms with E-state index in [1.165, 1.54) is 5.39 Å². The Morgan fingerprint density at radius 3 is 1.74 bits per heavy atom. The second-order valence-corrected chi connectivity index (χ2v) is 9.49. The smallest absolute Gasteiger partial charge is 0.148 e. The fraction of sp³-hybridized carbons (Fsp3) is 0. The zero-order valence-electron chi connectivity index (χ0n) is 20.7. The summed E-state index contributed by atoms with van der Waals surface area (Å²) < 4.78 is 2.32. The van der Waals surface area contributed by atoms with E-state index in [2.05, 4.69) is 83.4 Å². The van der Waals surface area contributed by atoms with Gasteiger partial charge in [-0.25, -0.2) is 0 Å². The molecule has 178 valence electrons. The van der Waals surface area contributed by atoms with Gasteiger partial charge in [0.2, 0.25) is 0 Å². The maximum atomic E-state index is 9.77. The number of nitrogens with zero attached hydrogens (tertiary/aromatic N) is 4. The minimum atomic E-state index is -0.183. The first-order chi connectivity index (χ1) is 19.2. The molecule has 4 heteroatoms. The molecule has 7 aromatic rings. The molecule has 4 nitrogen and oxygen atoms in total. The highest BCUT2D eigenvalue weighted by Crippen LogP contribution is 2.41. The third-order valence-electron chi connectivity index (χ3n) is 7.52. The van der Waals surface area contributed by atoms with Crippen molar-refractivity contribution < 1.29 is 0 Å². The van der Waals surface area contributed by atoms with Crippen LogP contribution in [0, 0.1) is 34.0 Å². The third-order valence-corrected chi connectivity index (χ3v) is 7.52. The lowest BCUT2D eigenvalue weighted by atomic mass is 9.90. The molecule has 0 radical (unpaired) electrons. The molecule has 0 aliphatic heterocycles. The van der Waals surface area contributed by atoms with Crippen molar-refractivity contribution in [3.05, 3.63) is 120 Å². The standard InChI is InChI=1S/C35H18N4/c36-19-23(20-37)33(21-38)22-14-15-27-29(16-22)25-10-4-5-11-26(25)31-18-35-32(17-30(27)31)28-12-6-7-13-34(28)39(35)24-8-2-1-3-9-24/h1-18H. The van der Waals surface area contributed by atoms with E-state index >= 15 is 0 Å². The summed E-state index contributed by atoms with van der Waals surface area (Å²) in [7, 11) is 0. The molecule has 0 N–H and O–H groups in total. The van der Waals surface area contributed by atoms with Crippen molar-refractivity contribution in [3.63, 3.8) is 0 Å². The van der Waals surface area contributed by atoms with E-state index in [0.717, 1.165) is 54.4 Å². The van der Waals surface area contributed by atoms with Crippen LogP contribution in [0.15, 0.2) is 115 Å². The highest BCUT2D eigenvalue weighted by atomic mass is 15.0. The Hall–Kier alpha value is -5.89. The molecule has 0 unspecified atom stereocenters. The largest absolute Gasteiger partial charge is 0.309 e. The summed E-state index contributed by atoms with van der Waals surface area (Å²) in [5.74, 6) is 0. The molecule has 39 heavy (non-hydrogen) atoms. The van der Waals surface area contributed by atoms with Gasteiger partial charge in [-0.05, 0) is 74.3 Å². The topological polar surface area (TPSA) is 76.3 Å². The highest BCUT2D eigenvalue weighted by molar-refractivity contribution is 6.29. The minimum absolute atomic E-state index is 0.0902. The van der Waals surface area contributed by atoms with Crippen molar-refractivity contribution in [1.82, 2.24) is 4.57 Å². The number of para-hydroxylation sites is 2. The van der Waals surface area contributed by atoms with Gasteiger partial charge in [-0.1, -0.05) is 72.8 Å². The summed E-state index contributed by atoms with van der Waals surface area (Å²) in [5, 5.41) is 37.4. The Balaban J connectivity index is 1.66. The molecule has 0 saturated carbocycles. The number of fused-ring (bicyclic) bond motifs is 9. The first-order valence-corrected chi connectivity index (χ1v) is 12.5. The fourth-order valence-electron chi connectivity index (χ4n) is 5.83. The lowest BCUT2D eigenvalue weighted by Gasteiger charge is -2.13. The van der Waals surface area contributed by atoms with Crippen LogP contribution in [0.1, 0.15) is 5.56 Å². The molecular weight excluding hydrogens is 476 g/mol. The van der Waals surface area contributed by atoms with Gasteiger partial charge in [0.25, 0.3) is 0 Å². The predicted molar refractivity (Wildman–Crippen MR) is 157 cm³/mol. The Labute approximate surface area is 224 Å². The first kappa shape index (κ1) is 22.3. The third kappa shape index (κ3) is 3.22. The molecule has 0 aliphatic rings. The number of rotatable bonds is 2. The Morgan fingerprint density at radius 1 is 0.462 bits per heavy atom. The van der Waals surface area contributed by atoms with Gasteiger partial charge in [0, 0.05) is 16.5 Å². The van der Waals surface area contributed by atoms with Crippen molar-refractivity contribution in [3.8, 4) is 23.9 Å². The summed E-state index contributed by atoms with van der Waals surface area (Å²) in [6, 6.07) is 43.3. The second kappa shape index (κ2) is 8.60. The molecule has 6 aromatic carbocycles. The van der Waals surface area contributed by atoms with Crippen molar-refractivity contribution in [2.75, 3.05) is 0 Å². The van der Waals surface area contributed by atoms with Gasteiger partial charge < -0.3 is 4.57 Å². The Morgan fingerprint density at radius 2 is 1.05 bits per heavy atom. The van der Waals surface area contributed by atoms with Crippen molar-refractivity contribution >= 4 is 59.7 Å². The van der Waals surface area contributed by atoms with Crippen molar-refractivity contribution in [2.45, 2.75) is 0 Å². The molecule has 1 heterocycles. The van der Waals surface area contributed by atoms with Crippen LogP contribution >= 0.6 is 0 Å². The number of aromatic nitrogens is 1. The number of nitriles is 3. The van der Waals surface area contributed by atoms with Crippen LogP contribution in [0.3, 0.4) is 0 Å². The SMILES string of the molecule is N#CC(C#N)=C(C#N)c1ccc2c(c1)c1ccccc1c1cc3c(cc21)c1ccccc1n3-c1ccccc1. The molecule has 0 atom stereocenters. The van der Waals surface area contributed by atoms with Crippen LogP contribution in [0.2, 0.25) is 0 Å². The number of hydrogen-bond acceptors (Lipinski definition) is 3. The quantitative estimate of drug-likeness (QED) is 0.178. The zero-order valence-corrected chi connectivity index (χ0v) is 20.7. The van der Waals surface area contributed by atoms with Gasteiger partial charge in [0.05, 0.1) is 16.6 Å². The van der Waals surface area contributed by atoms with Gasteiger partial charge in [-0.2, -0.15) is 15.8 Å². The summed E-state index contributed by atoms with van der Waals surface area (Å²) in [6.07, 6.45) is 0. The van der Waals surface area contributed by atoms with Gasteiger partial charge in [-0.15, -0.1) is 0 Å². The average Bonchev–Trinajstić information content (AvgIpc) is 3.32. The number of benzene rings is 6. The maximum Gasteiger partial charge on any atom is 0.148 e. The van der Waals surface area contributed by atoms with E-state index in [1.54, 1.807) is 0 Å². The highest BCUT2D eigenvalue weighted by Gasteiger charge is 2.17.